The number of thioether (sulfide) groups is 1. The number of furan rings is 1. The Hall–Kier alpha value is -2.73. The van der Waals surface area contributed by atoms with Crippen LogP contribution in [0.25, 0.3) is 6.08 Å². The van der Waals surface area contributed by atoms with E-state index in [-0.39, 0.29) is 5.91 Å². The van der Waals surface area contributed by atoms with Crippen molar-refractivity contribution < 1.29 is 13.9 Å². The molecule has 1 fully saturated rings. The Balaban J connectivity index is 1.69. The summed E-state index contributed by atoms with van der Waals surface area (Å²) in [5, 5.41) is 3.30. The predicted molar refractivity (Wildman–Crippen MR) is 91.6 cm³/mol. The van der Waals surface area contributed by atoms with E-state index in [1.807, 2.05) is 36.4 Å². The molecule has 1 aromatic heterocycles. The van der Waals surface area contributed by atoms with Crippen molar-refractivity contribution in [2.24, 2.45) is 4.99 Å². The zero-order valence-electron chi connectivity index (χ0n) is 12.4. The van der Waals surface area contributed by atoms with Gasteiger partial charge in [0.1, 0.15) is 11.5 Å². The first kappa shape index (κ1) is 15.2. The summed E-state index contributed by atoms with van der Waals surface area (Å²) >= 11 is 1.30. The van der Waals surface area contributed by atoms with Gasteiger partial charge >= 0.3 is 0 Å². The van der Waals surface area contributed by atoms with Gasteiger partial charge in [-0.2, -0.15) is 0 Å². The van der Waals surface area contributed by atoms with Gasteiger partial charge in [-0.25, -0.2) is 4.99 Å². The Bertz CT molecular complexity index is 775. The van der Waals surface area contributed by atoms with Crippen molar-refractivity contribution in [1.82, 2.24) is 5.32 Å². The van der Waals surface area contributed by atoms with Crippen LogP contribution in [0.3, 0.4) is 0 Å². The summed E-state index contributed by atoms with van der Waals surface area (Å²) in [4.78, 5) is 16.9. The maximum absolute atomic E-state index is 11.9. The number of nitrogens with zero attached hydrogens (tertiary/aromatic N) is 1. The number of hydrogen-bond acceptors (Lipinski definition) is 5. The van der Waals surface area contributed by atoms with Crippen molar-refractivity contribution in [3.05, 3.63) is 65.5 Å². The van der Waals surface area contributed by atoms with E-state index in [4.69, 9.17) is 9.15 Å². The van der Waals surface area contributed by atoms with E-state index in [1.54, 1.807) is 31.6 Å². The highest BCUT2D eigenvalue weighted by Crippen LogP contribution is 2.27. The van der Waals surface area contributed by atoms with Gasteiger partial charge in [-0.05, 0) is 60.3 Å². The Morgan fingerprint density at radius 3 is 2.78 bits per heavy atom. The monoisotopic (exact) mass is 326 g/mol. The normalized spacial score (nSPS) is 18.0. The van der Waals surface area contributed by atoms with Crippen LogP contribution in [0.2, 0.25) is 0 Å². The number of allylic oxidation sites excluding steroid dienone is 2. The van der Waals surface area contributed by atoms with Crippen LogP contribution < -0.4 is 10.1 Å². The maximum Gasteiger partial charge on any atom is 0.264 e. The lowest BCUT2D eigenvalue weighted by Gasteiger charge is -1.99. The van der Waals surface area contributed by atoms with E-state index in [1.165, 1.54) is 11.8 Å². The summed E-state index contributed by atoms with van der Waals surface area (Å²) in [5.41, 5.74) is 0.751. The second-order valence-corrected chi connectivity index (χ2v) is 5.61. The molecule has 1 aliphatic rings. The van der Waals surface area contributed by atoms with E-state index >= 15 is 0 Å². The van der Waals surface area contributed by atoms with Crippen LogP contribution in [-0.4, -0.2) is 18.2 Å². The number of amidine groups is 1. The molecule has 1 N–H and O–H groups in total. The topological polar surface area (TPSA) is 63.8 Å². The number of carbonyl (C=O) groups excluding carboxylic acids is 1. The highest BCUT2D eigenvalue weighted by Gasteiger charge is 2.23. The molecule has 1 amide bonds. The third-order valence-electron chi connectivity index (χ3n) is 3.01. The molecule has 0 saturated carbocycles. The Morgan fingerprint density at radius 1 is 1.26 bits per heavy atom. The first-order valence-corrected chi connectivity index (χ1v) is 7.70. The SMILES string of the molecule is COc1ccc(N=C2NC(=O)/C(=C\C=C\c3ccco3)S2)cc1. The Kier molecular flexibility index (Phi) is 4.63. The number of amides is 1. The quantitative estimate of drug-likeness (QED) is 0.870. The molecule has 0 atom stereocenters. The Morgan fingerprint density at radius 2 is 2.09 bits per heavy atom. The first-order chi connectivity index (χ1) is 11.2. The number of rotatable bonds is 4. The first-order valence-electron chi connectivity index (χ1n) is 6.88. The number of ether oxygens (including phenoxy) is 1. The molecule has 5 nitrogen and oxygen atoms in total. The molecule has 0 spiro atoms. The molecule has 6 heteroatoms. The van der Waals surface area contributed by atoms with Gasteiger partial charge in [-0.3, -0.25) is 4.79 Å². The van der Waals surface area contributed by atoms with Crippen molar-refractivity contribution in [3.63, 3.8) is 0 Å². The standard InChI is InChI=1S/C17H14N2O3S/c1-21-13-9-7-12(8-10-13)18-17-19-16(20)15(23-17)6-2-4-14-5-3-11-22-14/h2-11H,1H3,(H,18,19,20)/b4-2+,15-6+. The van der Waals surface area contributed by atoms with Gasteiger partial charge in [-0.15, -0.1) is 0 Å². The lowest BCUT2D eigenvalue weighted by molar-refractivity contribution is -0.115. The van der Waals surface area contributed by atoms with Gasteiger partial charge in [0, 0.05) is 0 Å². The molecule has 0 bridgehead atoms. The van der Waals surface area contributed by atoms with Gasteiger partial charge in [0.2, 0.25) is 0 Å². The van der Waals surface area contributed by atoms with E-state index in [2.05, 4.69) is 10.3 Å². The lowest BCUT2D eigenvalue weighted by Crippen LogP contribution is -2.19. The summed E-state index contributed by atoms with van der Waals surface area (Å²) in [6, 6.07) is 11.0. The van der Waals surface area contributed by atoms with E-state index < -0.39 is 0 Å². The molecule has 3 rings (SSSR count). The largest absolute Gasteiger partial charge is 0.497 e. The van der Waals surface area contributed by atoms with Gasteiger partial charge in [0.05, 0.1) is 24.0 Å². The molecule has 0 radical (unpaired) electrons. The molecule has 1 aliphatic heterocycles. The van der Waals surface area contributed by atoms with Gasteiger partial charge in [0.25, 0.3) is 5.91 Å². The molecule has 2 heterocycles. The average molecular weight is 326 g/mol. The number of aliphatic imine (C=N–C) groups is 1. The minimum absolute atomic E-state index is 0.161. The summed E-state index contributed by atoms with van der Waals surface area (Å²) in [6.45, 7) is 0. The second-order valence-electron chi connectivity index (χ2n) is 4.58. The number of nitrogens with one attached hydrogen (secondary N) is 1. The van der Waals surface area contributed by atoms with E-state index in [0.717, 1.165) is 17.2 Å². The van der Waals surface area contributed by atoms with Crippen LogP contribution in [0.1, 0.15) is 5.76 Å². The van der Waals surface area contributed by atoms with Crippen LogP contribution in [0.4, 0.5) is 5.69 Å². The number of methoxy groups -OCH3 is 1. The molecular formula is C17H14N2O3S. The smallest absolute Gasteiger partial charge is 0.264 e. The molecule has 1 aromatic carbocycles. The Labute approximate surface area is 137 Å². The predicted octanol–water partition coefficient (Wildman–Crippen LogP) is 3.74. The van der Waals surface area contributed by atoms with Gasteiger partial charge in [0.15, 0.2) is 5.17 Å². The van der Waals surface area contributed by atoms with Crippen molar-refractivity contribution in [1.29, 1.82) is 0 Å². The molecule has 2 aromatic rings. The molecule has 23 heavy (non-hydrogen) atoms. The number of hydrogen-bond donors (Lipinski definition) is 1. The molecule has 0 aliphatic carbocycles. The summed E-state index contributed by atoms with van der Waals surface area (Å²) in [7, 11) is 1.61. The van der Waals surface area contributed by atoms with E-state index in [0.29, 0.717) is 10.1 Å². The fraction of sp³-hybridized carbons (Fsp3) is 0.0588. The van der Waals surface area contributed by atoms with Gasteiger partial charge < -0.3 is 14.5 Å². The highest BCUT2D eigenvalue weighted by molar-refractivity contribution is 8.18. The van der Waals surface area contributed by atoms with E-state index in [9.17, 15) is 4.79 Å². The van der Waals surface area contributed by atoms with Crippen LogP contribution in [0.15, 0.2) is 69.1 Å². The van der Waals surface area contributed by atoms with Gasteiger partial charge in [-0.1, -0.05) is 6.08 Å². The molecule has 116 valence electrons. The fourth-order valence-electron chi connectivity index (χ4n) is 1.89. The highest BCUT2D eigenvalue weighted by atomic mass is 32.2. The maximum atomic E-state index is 11.9. The zero-order valence-corrected chi connectivity index (χ0v) is 13.2. The van der Waals surface area contributed by atoms with Crippen LogP contribution in [-0.2, 0) is 4.79 Å². The summed E-state index contributed by atoms with van der Waals surface area (Å²) in [6.07, 6.45) is 6.90. The second kappa shape index (κ2) is 7.02. The summed E-state index contributed by atoms with van der Waals surface area (Å²) in [5.74, 6) is 1.34. The van der Waals surface area contributed by atoms with Crippen molar-refractivity contribution in [2.75, 3.05) is 7.11 Å². The minimum atomic E-state index is -0.161. The van der Waals surface area contributed by atoms with Crippen LogP contribution in [0, 0.1) is 0 Å². The van der Waals surface area contributed by atoms with Crippen molar-refractivity contribution >= 4 is 34.6 Å². The minimum Gasteiger partial charge on any atom is -0.497 e. The van der Waals surface area contributed by atoms with Crippen LogP contribution in [0.5, 0.6) is 5.75 Å². The average Bonchev–Trinajstić information content (AvgIpc) is 3.19. The number of carbonyl (C=O) groups is 1. The summed E-state index contributed by atoms with van der Waals surface area (Å²) < 4.78 is 10.3. The fourth-order valence-corrected chi connectivity index (χ4v) is 2.68. The molecular weight excluding hydrogens is 312 g/mol. The third-order valence-corrected chi connectivity index (χ3v) is 3.93. The lowest BCUT2D eigenvalue weighted by atomic mass is 10.3. The van der Waals surface area contributed by atoms with Crippen molar-refractivity contribution in [3.8, 4) is 5.75 Å². The molecule has 1 saturated heterocycles. The number of benzene rings is 1. The van der Waals surface area contributed by atoms with Crippen LogP contribution >= 0.6 is 11.8 Å². The third kappa shape index (κ3) is 3.92. The van der Waals surface area contributed by atoms with Crippen molar-refractivity contribution in [2.45, 2.75) is 0 Å². The zero-order chi connectivity index (χ0) is 16.1. The molecule has 0 unspecified atom stereocenters.